The Hall–Kier alpha value is -2.35. The zero-order chi connectivity index (χ0) is 16.4. The maximum atomic E-state index is 11.2. The summed E-state index contributed by atoms with van der Waals surface area (Å²) < 4.78 is 14.8. The molecule has 7 nitrogen and oxygen atoms in total. The molecule has 0 saturated carbocycles. The second kappa shape index (κ2) is 9.56. The number of rotatable bonds is 6. The number of nitrogens with one attached hydrogen (secondary N) is 1. The van der Waals surface area contributed by atoms with Crippen molar-refractivity contribution >= 4 is 29.6 Å². The van der Waals surface area contributed by atoms with Crippen LogP contribution in [0.4, 0.5) is 9.59 Å². The van der Waals surface area contributed by atoms with E-state index in [2.05, 4.69) is 10.1 Å². The lowest BCUT2D eigenvalue weighted by molar-refractivity contribution is 0.133. The highest BCUT2D eigenvalue weighted by Crippen LogP contribution is 2.16. The minimum Gasteiger partial charge on any atom is -0.470 e. The van der Waals surface area contributed by atoms with Crippen LogP contribution in [-0.2, 0) is 14.2 Å². The van der Waals surface area contributed by atoms with Crippen LogP contribution in [0.1, 0.15) is 18.4 Å². The summed E-state index contributed by atoms with van der Waals surface area (Å²) in [4.78, 5) is 21.9. The van der Waals surface area contributed by atoms with Crippen molar-refractivity contribution in [3.63, 3.8) is 0 Å². The van der Waals surface area contributed by atoms with Gasteiger partial charge in [-0.25, -0.2) is 9.59 Å². The number of benzene rings is 1. The quantitative estimate of drug-likeness (QED) is 0.775. The zero-order valence-electron chi connectivity index (χ0n) is 12.1. The van der Waals surface area contributed by atoms with Crippen molar-refractivity contribution in [3.8, 4) is 0 Å². The van der Waals surface area contributed by atoms with Crippen LogP contribution in [0.2, 0.25) is 0 Å². The van der Waals surface area contributed by atoms with Gasteiger partial charge in [0.2, 0.25) is 0 Å². The van der Waals surface area contributed by atoms with Gasteiger partial charge in [0.15, 0.2) is 0 Å². The predicted molar refractivity (Wildman–Crippen MR) is 83.4 cm³/mol. The Morgan fingerprint density at radius 2 is 1.82 bits per heavy atom. The van der Waals surface area contributed by atoms with E-state index < -0.39 is 12.2 Å². The van der Waals surface area contributed by atoms with Crippen LogP contribution in [0.5, 0.6) is 0 Å². The molecule has 0 aliphatic heterocycles. The zero-order valence-corrected chi connectivity index (χ0v) is 12.9. The Labute approximate surface area is 133 Å². The van der Waals surface area contributed by atoms with Gasteiger partial charge >= 0.3 is 12.2 Å². The third-order valence-corrected chi connectivity index (χ3v) is 2.81. The average Bonchev–Trinajstić information content (AvgIpc) is 2.48. The number of primary amides is 1. The monoisotopic (exact) mass is 326 g/mol. The van der Waals surface area contributed by atoms with E-state index in [4.69, 9.17) is 27.4 Å². The molecule has 1 aromatic carbocycles. The molecule has 0 aliphatic carbocycles. The number of carbonyl (C=O) groups is 2. The molecule has 1 rings (SSSR count). The Morgan fingerprint density at radius 1 is 1.18 bits per heavy atom. The molecule has 0 aromatic heterocycles. The van der Waals surface area contributed by atoms with E-state index in [1.807, 2.05) is 30.3 Å². The molecule has 2 amide bonds. The molecule has 0 bridgehead atoms. The molecule has 0 fully saturated rings. The number of carbonyl (C=O) groups excluding carboxylic acids is 2. The molecule has 1 aromatic rings. The maximum Gasteiger partial charge on any atom is 0.414 e. The smallest absolute Gasteiger partial charge is 0.414 e. The minimum atomic E-state index is -0.867. The summed E-state index contributed by atoms with van der Waals surface area (Å²) in [5.74, 6) is -0.268. The normalized spacial score (nSPS) is 11.1. The lowest BCUT2D eigenvalue weighted by Crippen LogP contribution is -2.33. The first-order valence-corrected chi connectivity index (χ1v) is 7.01. The van der Waals surface area contributed by atoms with Crippen molar-refractivity contribution in [2.24, 2.45) is 5.73 Å². The standard InChI is InChI=1S/C14H18N2O5S/c1-2-19-13(18)16-14(22)21-9-11(8-20-12(15)17)10-6-4-3-5-7-10/h3-7,11H,2,8-9H2,1H3,(H2,15,17)(H,16,18,22). The highest BCUT2D eigenvalue weighted by Gasteiger charge is 2.16. The van der Waals surface area contributed by atoms with Crippen molar-refractivity contribution in [1.82, 2.24) is 5.32 Å². The fourth-order valence-electron chi connectivity index (χ4n) is 1.61. The first kappa shape index (κ1) is 17.7. The van der Waals surface area contributed by atoms with Crippen molar-refractivity contribution < 1.29 is 23.8 Å². The van der Waals surface area contributed by atoms with E-state index in [9.17, 15) is 9.59 Å². The molecule has 8 heteroatoms. The van der Waals surface area contributed by atoms with Gasteiger partial charge in [0.1, 0.15) is 13.2 Å². The molecular formula is C14H18N2O5S. The van der Waals surface area contributed by atoms with Crippen LogP contribution >= 0.6 is 12.2 Å². The molecule has 120 valence electrons. The van der Waals surface area contributed by atoms with Gasteiger partial charge in [0, 0.05) is 0 Å². The first-order valence-electron chi connectivity index (χ1n) is 6.60. The Balaban J connectivity index is 2.56. The second-order valence-corrected chi connectivity index (χ2v) is 4.55. The molecule has 0 saturated heterocycles. The summed E-state index contributed by atoms with van der Waals surface area (Å²) >= 11 is 4.88. The third kappa shape index (κ3) is 6.89. The van der Waals surface area contributed by atoms with Gasteiger partial charge < -0.3 is 19.9 Å². The third-order valence-electron chi connectivity index (χ3n) is 2.59. The van der Waals surface area contributed by atoms with E-state index in [1.165, 1.54) is 0 Å². The lowest BCUT2D eigenvalue weighted by atomic mass is 10.0. The van der Waals surface area contributed by atoms with Gasteiger partial charge in [-0.2, -0.15) is 0 Å². The first-order chi connectivity index (χ1) is 10.5. The predicted octanol–water partition coefficient (Wildman–Crippen LogP) is 1.91. The van der Waals surface area contributed by atoms with E-state index in [0.717, 1.165) is 5.56 Å². The van der Waals surface area contributed by atoms with E-state index in [-0.39, 0.29) is 30.9 Å². The van der Waals surface area contributed by atoms with Crippen LogP contribution in [0, 0.1) is 0 Å². The average molecular weight is 326 g/mol. The van der Waals surface area contributed by atoms with E-state index >= 15 is 0 Å². The van der Waals surface area contributed by atoms with Crippen molar-refractivity contribution in [2.75, 3.05) is 19.8 Å². The van der Waals surface area contributed by atoms with Gasteiger partial charge in [0.05, 0.1) is 12.5 Å². The number of thiocarbonyl (C=S) groups is 1. The number of hydrogen-bond acceptors (Lipinski definition) is 6. The van der Waals surface area contributed by atoms with Crippen LogP contribution in [0.25, 0.3) is 0 Å². The Kier molecular flexibility index (Phi) is 7.69. The summed E-state index contributed by atoms with van der Waals surface area (Å²) in [7, 11) is 0. The summed E-state index contributed by atoms with van der Waals surface area (Å²) in [6.45, 7) is 2.06. The SMILES string of the molecule is CCOC(=O)NC(=S)OCC(COC(N)=O)c1ccccc1. The highest BCUT2D eigenvalue weighted by atomic mass is 32.1. The number of alkyl carbamates (subject to hydrolysis) is 1. The lowest BCUT2D eigenvalue weighted by Gasteiger charge is -2.18. The largest absolute Gasteiger partial charge is 0.470 e. The fraction of sp³-hybridized carbons (Fsp3) is 0.357. The molecule has 0 spiro atoms. The molecule has 0 radical (unpaired) electrons. The van der Waals surface area contributed by atoms with Crippen molar-refractivity contribution in [2.45, 2.75) is 12.8 Å². The van der Waals surface area contributed by atoms with Gasteiger partial charge in [-0.05, 0) is 24.7 Å². The summed E-state index contributed by atoms with van der Waals surface area (Å²) in [5, 5.41) is 2.16. The Bertz CT molecular complexity index is 509. The Morgan fingerprint density at radius 3 is 2.41 bits per heavy atom. The molecular weight excluding hydrogens is 308 g/mol. The number of ether oxygens (including phenoxy) is 3. The van der Waals surface area contributed by atoms with Gasteiger partial charge in [-0.3, -0.25) is 5.32 Å². The summed E-state index contributed by atoms with van der Waals surface area (Å²) in [6.07, 6.45) is -1.55. The van der Waals surface area contributed by atoms with Gasteiger partial charge in [-0.15, -0.1) is 0 Å². The number of amides is 2. The van der Waals surface area contributed by atoms with Crippen molar-refractivity contribution in [3.05, 3.63) is 35.9 Å². The van der Waals surface area contributed by atoms with E-state index in [0.29, 0.717) is 0 Å². The number of hydrogen-bond donors (Lipinski definition) is 2. The second-order valence-electron chi connectivity index (χ2n) is 4.18. The van der Waals surface area contributed by atoms with E-state index in [1.54, 1.807) is 6.92 Å². The molecule has 22 heavy (non-hydrogen) atoms. The van der Waals surface area contributed by atoms with Crippen molar-refractivity contribution in [1.29, 1.82) is 0 Å². The highest BCUT2D eigenvalue weighted by molar-refractivity contribution is 7.80. The molecule has 1 unspecified atom stereocenters. The topological polar surface area (TPSA) is 99.9 Å². The van der Waals surface area contributed by atoms with Gasteiger partial charge in [-0.1, -0.05) is 30.3 Å². The van der Waals surface area contributed by atoms with Gasteiger partial charge in [0.25, 0.3) is 5.17 Å². The maximum absolute atomic E-state index is 11.2. The van der Waals surface area contributed by atoms with Crippen LogP contribution in [-0.4, -0.2) is 37.2 Å². The summed E-state index contributed by atoms with van der Waals surface area (Å²) in [5.41, 5.74) is 5.86. The molecule has 1 atom stereocenters. The molecule has 3 N–H and O–H groups in total. The molecule has 0 aliphatic rings. The van der Waals surface area contributed by atoms with Crippen LogP contribution < -0.4 is 11.1 Å². The van der Waals surface area contributed by atoms with Crippen LogP contribution in [0.3, 0.4) is 0 Å². The van der Waals surface area contributed by atoms with Crippen LogP contribution in [0.15, 0.2) is 30.3 Å². The molecule has 0 heterocycles. The summed E-state index contributed by atoms with van der Waals surface area (Å²) in [6, 6.07) is 9.29. The fourth-order valence-corrected chi connectivity index (χ4v) is 1.76. The number of nitrogens with two attached hydrogens (primary N) is 1. The minimum absolute atomic E-state index is 0.0430.